The van der Waals surface area contributed by atoms with E-state index >= 15 is 0 Å². The lowest BCUT2D eigenvalue weighted by Crippen LogP contribution is -2.18. The summed E-state index contributed by atoms with van der Waals surface area (Å²) in [6.07, 6.45) is 2.02. The van der Waals surface area contributed by atoms with Crippen LogP contribution in [0.4, 0.5) is 11.4 Å². The van der Waals surface area contributed by atoms with Crippen molar-refractivity contribution in [2.24, 2.45) is 5.92 Å². The topological polar surface area (TPSA) is 63.1 Å². The van der Waals surface area contributed by atoms with Crippen molar-refractivity contribution >= 4 is 92.1 Å². The molecule has 42 heavy (non-hydrogen) atoms. The first-order valence-electron chi connectivity index (χ1n) is 13.0. The molecule has 1 aromatic heterocycles. The van der Waals surface area contributed by atoms with Crippen LogP contribution >= 0.6 is 58.0 Å². The van der Waals surface area contributed by atoms with E-state index in [2.05, 4.69) is 27.3 Å². The summed E-state index contributed by atoms with van der Waals surface area (Å²) in [7, 11) is 0. The molecule has 4 aromatic carbocycles. The van der Waals surface area contributed by atoms with Gasteiger partial charge in [0.05, 0.1) is 16.5 Å². The molecule has 1 aliphatic rings. The van der Waals surface area contributed by atoms with Crippen LogP contribution in [0.25, 0.3) is 10.9 Å². The highest BCUT2D eigenvalue weighted by Gasteiger charge is 2.67. The Balaban J connectivity index is 1.16. The number of hydrogen-bond acceptors (Lipinski definition) is 2. The van der Waals surface area contributed by atoms with Crippen molar-refractivity contribution in [3.8, 4) is 0 Å². The molecule has 1 saturated carbocycles. The molecule has 2 unspecified atom stereocenters. The Kier molecular flexibility index (Phi) is 7.90. The summed E-state index contributed by atoms with van der Waals surface area (Å²) in [5.74, 6) is -2.06. The summed E-state index contributed by atoms with van der Waals surface area (Å²) in [6.45, 7) is 0.743. The average Bonchev–Trinajstić information content (AvgIpc) is 3.32. The minimum absolute atomic E-state index is 0.202. The lowest BCUT2D eigenvalue weighted by Gasteiger charge is -2.11. The van der Waals surface area contributed by atoms with Crippen molar-refractivity contribution in [2.45, 2.75) is 16.8 Å². The molecule has 2 N–H and O–H groups in total. The predicted molar refractivity (Wildman–Crippen MR) is 173 cm³/mol. The van der Waals surface area contributed by atoms with Crippen LogP contribution in [-0.4, -0.2) is 20.7 Å². The maximum absolute atomic E-state index is 13.2. The van der Waals surface area contributed by atoms with Gasteiger partial charge in [-0.1, -0.05) is 65.1 Å². The van der Waals surface area contributed by atoms with Crippen molar-refractivity contribution in [2.75, 3.05) is 10.6 Å². The largest absolute Gasteiger partial charge is 0.343 e. The van der Waals surface area contributed by atoms with Gasteiger partial charge in [-0.3, -0.25) is 9.59 Å². The number of amides is 2. The number of fused-ring (bicyclic) bond motifs is 1. The van der Waals surface area contributed by atoms with Crippen molar-refractivity contribution < 1.29 is 9.59 Å². The maximum Gasteiger partial charge on any atom is 0.257 e. The molecule has 0 aliphatic heterocycles. The first-order valence-corrected chi connectivity index (χ1v) is 14.9. The van der Waals surface area contributed by atoms with Gasteiger partial charge in [-0.25, -0.2) is 0 Å². The number of rotatable bonds is 7. The first-order chi connectivity index (χ1) is 20.1. The Hall–Kier alpha value is -3.19. The first kappa shape index (κ1) is 28.9. The van der Waals surface area contributed by atoms with E-state index in [0.717, 1.165) is 17.4 Å². The highest BCUT2D eigenvalue weighted by Crippen LogP contribution is 2.65. The van der Waals surface area contributed by atoms with Gasteiger partial charge < -0.3 is 15.2 Å². The van der Waals surface area contributed by atoms with E-state index in [1.807, 2.05) is 48.7 Å². The van der Waals surface area contributed by atoms with Gasteiger partial charge in [0.15, 0.2) is 0 Å². The Morgan fingerprint density at radius 2 is 1.48 bits per heavy atom. The van der Waals surface area contributed by atoms with Crippen LogP contribution in [0.2, 0.25) is 15.1 Å². The van der Waals surface area contributed by atoms with Gasteiger partial charge in [0.2, 0.25) is 5.91 Å². The zero-order valence-electron chi connectivity index (χ0n) is 21.8. The number of hydrogen-bond donors (Lipinski definition) is 2. The maximum atomic E-state index is 13.2. The second-order valence-electron chi connectivity index (χ2n) is 10.2. The van der Waals surface area contributed by atoms with Gasteiger partial charge in [0.1, 0.15) is 4.33 Å². The number of nitrogens with one attached hydrogen (secondary N) is 2. The highest BCUT2D eigenvalue weighted by atomic mass is 35.5. The quantitative estimate of drug-likeness (QED) is 0.171. The zero-order valence-corrected chi connectivity index (χ0v) is 25.5. The number of halogens is 5. The molecule has 0 saturated heterocycles. The summed E-state index contributed by atoms with van der Waals surface area (Å²) >= 11 is 31.6. The molecule has 2 atom stereocenters. The molecule has 5 aromatic rings. The van der Waals surface area contributed by atoms with E-state index in [1.54, 1.807) is 30.3 Å². The van der Waals surface area contributed by atoms with Crippen LogP contribution in [0.5, 0.6) is 0 Å². The van der Waals surface area contributed by atoms with Gasteiger partial charge in [-0.15, -0.1) is 23.2 Å². The number of anilines is 2. The van der Waals surface area contributed by atoms with Gasteiger partial charge in [-0.2, -0.15) is 0 Å². The van der Waals surface area contributed by atoms with Crippen molar-refractivity contribution in [3.63, 3.8) is 0 Å². The average molecular weight is 658 g/mol. The summed E-state index contributed by atoms with van der Waals surface area (Å²) in [5.41, 5.74) is 4.11. The highest BCUT2D eigenvalue weighted by molar-refractivity contribution is 6.53. The van der Waals surface area contributed by atoms with Crippen LogP contribution in [0.15, 0.2) is 97.2 Å². The Morgan fingerprint density at radius 1 is 0.786 bits per heavy atom. The van der Waals surface area contributed by atoms with E-state index < -0.39 is 28.0 Å². The standard InChI is InChI=1S/C32H22Cl5N3O2/c33-21-12-20(13-22(34)15-21)28-29(32(28,36)37)31(42)39-24-6-8-26(35)25(16-24)30(41)38-23-7-9-27-19(14-23)10-11-40(27)17-18-4-2-1-3-5-18/h1-16,28-29H,17H2,(H,38,41)(H,39,42). The second-order valence-corrected chi connectivity index (χ2v) is 12.9. The third kappa shape index (κ3) is 5.85. The number of alkyl halides is 2. The van der Waals surface area contributed by atoms with Gasteiger partial charge in [0.25, 0.3) is 5.91 Å². The molecule has 10 heteroatoms. The molecule has 2 amide bonds. The Morgan fingerprint density at radius 3 is 2.21 bits per heavy atom. The Bertz CT molecular complexity index is 1820. The van der Waals surface area contributed by atoms with Gasteiger partial charge in [0, 0.05) is 51.0 Å². The molecular formula is C32H22Cl5N3O2. The molecule has 1 heterocycles. The van der Waals surface area contributed by atoms with E-state index in [9.17, 15) is 9.59 Å². The SMILES string of the molecule is O=C(Nc1ccc2c(ccn2Cc2ccccc2)c1)c1cc(NC(=O)C2C(c3cc(Cl)cc(Cl)c3)C2(Cl)Cl)ccc1Cl. The molecule has 5 nitrogen and oxygen atoms in total. The smallest absolute Gasteiger partial charge is 0.257 e. The summed E-state index contributed by atoms with van der Waals surface area (Å²) < 4.78 is 0.824. The second kappa shape index (κ2) is 11.5. The fraction of sp³-hybridized carbons (Fsp3) is 0.125. The summed E-state index contributed by atoms with van der Waals surface area (Å²) in [4.78, 5) is 26.4. The van der Waals surface area contributed by atoms with Crippen molar-refractivity contribution in [1.82, 2.24) is 4.57 Å². The van der Waals surface area contributed by atoms with Gasteiger partial charge in [-0.05, 0) is 71.8 Å². The predicted octanol–water partition coefficient (Wildman–Crippen LogP) is 9.43. The number of aromatic nitrogens is 1. The number of benzene rings is 4. The van der Waals surface area contributed by atoms with E-state index in [0.29, 0.717) is 27.0 Å². The lowest BCUT2D eigenvalue weighted by molar-refractivity contribution is -0.117. The monoisotopic (exact) mass is 655 g/mol. The minimum Gasteiger partial charge on any atom is -0.343 e. The van der Waals surface area contributed by atoms with Crippen LogP contribution < -0.4 is 10.6 Å². The summed E-state index contributed by atoms with van der Waals surface area (Å²) in [5, 5.41) is 7.78. The third-order valence-corrected chi connectivity index (χ3v) is 8.99. The summed E-state index contributed by atoms with van der Waals surface area (Å²) in [6, 6.07) is 27.6. The fourth-order valence-electron chi connectivity index (χ4n) is 5.21. The van der Waals surface area contributed by atoms with E-state index in [4.69, 9.17) is 58.0 Å². The van der Waals surface area contributed by atoms with Crippen LogP contribution in [-0.2, 0) is 11.3 Å². The van der Waals surface area contributed by atoms with Crippen LogP contribution in [0, 0.1) is 5.92 Å². The molecule has 1 aliphatic carbocycles. The molecule has 0 radical (unpaired) electrons. The molecular weight excluding hydrogens is 636 g/mol. The Labute approximate surface area is 267 Å². The van der Waals surface area contributed by atoms with Crippen molar-refractivity contribution in [3.05, 3.63) is 129 Å². The van der Waals surface area contributed by atoms with Crippen molar-refractivity contribution in [1.29, 1.82) is 0 Å². The van der Waals surface area contributed by atoms with Crippen LogP contribution in [0.1, 0.15) is 27.4 Å². The number of carbonyl (C=O) groups is 2. The molecule has 1 fully saturated rings. The molecule has 212 valence electrons. The molecule has 0 bridgehead atoms. The zero-order chi connectivity index (χ0) is 29.6. The third-order valence-electron chi connectivity index (χ3n) is 7.28. The minimum atomic E-state index is -1.33. The lowest BCUT2D eigenvalue weighted by atomic mass is 10.1. The number of carbonyl (C=O) groups excluding carboxylic acids is 2. The number of nitrogens with zero attached hydrogens (tertiary/aromatic N) is 1. The van der Waals surface area contributed by atoms with E-state index in [-0.39, 0.29) is 10.6 Å². The van der Waals surface area contributed by atoms with E-state index in [1.165, 1.54) is 11.6 Å². The fourth-order valence-corrected chi connectivity index (χ4v) is 6.79. The molecule has 0 spiro atoms. The van der Waals surface area contributed by atoms with Gasteiger partial charge >= 0.3 is 0 Å². The van der Waals surface area contributed by atoms with Crippen LogP contribution in [0.3, 0.4) is 0 Å². The normalized spacial score (nSPS) is 17.2. The molecule has 6 rings (SSSR count).